The molecule has 0 bridgehead atoms. The first kappa shape index (κ1) is 20.4. The van der Waals surface area contributed by atoms with E-state index in [0.717, 1.165) is 4.90 Å². The molecule has 144 valence electrons. The van der Waals surface area contributed by atoms with E-state index in [0.29, 0.717) is 18.0 Å². The highest BCUT2D eigenvalue weighted by Gasteiger charge is 2.24. The number of hydrogen-bond acceptors (Lipinski definition) is 4. The van der Waals surface area contributed by atoms with Crippen LogP contribution >= 0.6 is 0 Å². The van der Waals surface area contributed by atoms with E-state index >= 15 is 0 Å². The fourth-order valence-corrected chi connectivity index (χ4v) is 2.87. The van der Waals surface area contributed by atoms with Crippen molar-refractivity contribution in [2.24, 2.45) is 0 Å². The summed E-state index contributed by atoms with van der Waals surface area (Å²) in [5, 5.41) is 13.7. The summed E-state index contributed by atoms with van der Waals surface area (Å²) < 4.78 is 5.20. The maximum atomic E-state index is 12.7. The first-order valence-corrected chi connectivity index (χ1v) is 8.74. The van der Waals surface area contributed by atoms with Crippen LogP contribution < -0.4 is 15.0 Å². The van der Waals surface area contributed by atoms with Gasteiger partial charge in [-0.3, -0.25) is 14.9 Å². The molecule has 0 fully saturated rings. The lowest BCUT2D eigenvalue weighted by Crippen LogP contribution is -3.12. The summed E-state index contributed by atoms with van der Waals surface area (Å²) in [5.41, 5.74) is 3.78. The molecule has 1 amide bonds. The van der Waals surface area contributed by atoms with Gasteiger partial charge in [0.1, 0.15) is 12.3 Å². The number of amides is 1. The van der Waals surface area contributed by atoms with Crippen LogP contribution in [-0.4, -0.2) is 31.0 Å². The summed E-state index contributed by atoms with van der Waals surface area (Å²) in [6.07, 6.45) is 0. The number of methoxy groups -OCH3 is 1. The van der Waals surface area contributed by atoms with Crippen LogP contribution in [0.15, 0.2) is 36.4 Å². The SMILES string of the molecule is COc1ccc([N+](=O)[O-])cc1NC(=O)[C@H](C)[NH+](C)Cc1ccc(C)cc1C. The van der Waals surface area contributed by atoms with Crippen molar-refractivity contribution in [3.8, 4) is 5.75 Å². The molecule has 0 radical (unpaired) electrons. The molecule has 0 saturated heterocycles. The highest BCUT2D eigenvalue weighted by Crippen LogP contribution is 2.28. The van der Waals surface area contributed by atoms with Gasteiger partial charge in [0.2, 0.25) is 0 Å². The fourth-order valence-electron chi connectivity index (χ4n) is 2.87. The number of likely N-dealkylation sites (N-methyl/N-ethyl adjacent to an activating group) is 1. The van der Waals surface area contributed by atoms with Crippen molar-refractivity contribution in [2.75, 3.05) is 19.5 Å². The first-order chi connectivity index (χ1) is 12.7. The minimum atomic E-state index is -0.504. The van der Waals surface area contributed by atoms with Gasteiger partial charge in [0.15, 0.2) is 6.04 Å². The standard InChI is InChI=1S/C20H25N3O4/c1-13-6-7-16(14(2)10-13)12-22(4)15(3)20(24)21-18-11-17(23(25)26)8-9-19(18)27-5/h6-11,15H,12H2,1-5H3,(H,21,24)/p+1/t15-/m0/s1. The highest BCUT2D eigenvalue weighted by molar-refractivity contribution is 5.95. The molecule has 2 rings (SSSR count). The Morgan fingerprint density at radius 2 is 1.96 bits per heavy atom. The van der Waals surface area contributed by atoms with Crippen molar-refractivity contribution in [1.82, 2.24) is 0 Å². The maximum Gasteiger partial charge on any atom is 0.282 e. The largest absolute Gasteiger partial charge is 0.495 e. The number of anilines is 1. The van der Waals surface area contributed by atoms with Gasteiger partial charge in [-0.2, -0.15) is 0 Å². The number of carbonyl (C=O) groups is 1. The minimum absolute atomic E-state index is 0.102. The lowest BCUT2D eigenvalue weighted by atomic mass is 10.0. The highest BCUT2D eigenvalue weighted by atomic mass is 16.6. The number of carbonyl (C=O) groups excluding carboxylic acids is 1. The number of nitrogens with zero attached hydrogens (tertiary/aromatic N) is 1. The molecule has 0 spiro atoms. The maximum absolute atomic E-state index is 12.7. The van der Waals surface area contributed by atoms with Crippen LogP contribution in [-0.2, 0) is 11.3 Å². The molecule has 1 unspecified atom stereocenters. The van der Waals surface area contributed by atoms with Crippen LogP contribution in [0.4, 0.5) is 11.4 Å². The fraction of sp³-hybridized carbons (Fsp3) is 0.350. The average Bonchev–Trinajstić information content (AvgIpc) is 2.63. The topological polar surface area (TPSA) is 85.9 Å². The Morgan fingerprint density at radius 3 is 2.56 bits per heavy atom. The minimum Gasteiger partial charge on any atom is -0.495 e. The smallest absolute Gasteiger partial charge is 0.282 e. The summed E-state index contributed by atoms with van der Waals surface area (Å²) in [4.78, 5) is 24.2. The Balaban J connectivity index is 2.12. The molecule has 27 heavy (non-hydrogen) atoms. The van der Waals surface area contributed by atoms with Crippen molar-refractivity contribution in [2.45, 2.75) is 33.4 Å². The van der Waals surface area contributed by atoms with Crippen molar-refractivity contribution in [3.05, 3.63) is 63.2 Å². The zero-order valence-corrected chi connectivity index (χ0v) is 16.3. The van der Waals surface area contributed by atoms with Crippen molar-refractivity contribution >= 4 is 17.3 Å². The van der Waals surface area contributed by atoms with Crippen LogP contribution in [0.5, 0.6) is 5.75 Å². The summed E-state index contributed by atoms with van der Waals surface area (Å²) in [5.74, 6) is 0.157. The molecule has 2 atom stereocenters. The van der Waals surface area contributed by atoms with Crippen LogP contribution in [0.25, 0.3) is 0 Å². The number of hydrogen-bond donors (Lipinski definition) is 2. The van der Waals surface area contributed by atoms with E-state index in [4.69, 9.17) is 4.74 Å². The van der Waals surface area contributed by atoms with E-state index in [1.165, 1.54) is 42.0 Å². The molecular formula is C20H26N3O4+. The van der Waals surface area contributed by atoms with Crippen LogP contribution in [0, 0.1) is 24.0 Å². The van der Waals surface area contributed by atoms with Gasteiger partial charge < -0.3 is 15.0 Å². The molecule has 7 nitrogen and oxygen atoms in total. The Hall–Kier alpha value is -2.93. The van der Waals surface area contributed by atoms with E-state index in [1.54, 1.807) is 0 Å². The summed E-state index contributed by atoms with van der Waals surface area (Å²) in [7, 11) is 3.41. The number of quaternary nitrogens is 1. The molecule has 0 aliphatic rings. The number of benzene rings is 2. The Morgan fingerprint density at radius 1 is 1.26 bits per heavy atom. The lowest BCUT2D eigenvalue weighted by molar-refractivity contribution is -0.907. The number of nitro benzene ring substituents is 1. The Bertz CT molecular complexity index is 851. The Kier molecular flexibility index (Phi) is 6.52. The molecule has 7 heteroatoms. The van der Waals surface area contributed by atoms with Crippen LogP contribution in [0.2, 0.25) is 0 Å². The number of aryl methyl sites for hydroxylation is 2. The second kappa shape index (κ2) is 8.64. The normalized spacial score (nSPS) is 12.9. The second-order valence-corrected chi connectivity index (χ2v) is 6.81. The third-order valence-electron chi connectivity index (χ3n) is 4.75. The molecule has 0 heterocycles. The number of nitro groups is 1. The third kappa shape index (κ3) is 5.04. The van der Waals surface area contributed by atoms with E-state index in [2.05, 4.69) is 37.4 Å². The Labute approximate surface area is 159 Å². The van der Waals surface area contributed by atoms with Crippen LogP contribution in [0.3, 0.4) is 0 Å². The van der Waals surface area contributed by atoms with Gasteiger partial charge in [-0.15, -0.1) is 0 Å². The third-order valence-corrected chi connectivity index (χ3v) is 4.75. The summed E-state index contributed by atoms with van der Waals surface area (Å²) in [6, 6.07) is 10.1. The van der Waals surface area contributed by atoms with Gasteiger partial charge in [-0.1, -0.05) is 23.8 Å². The molecule has 2 aromatic carbocycles. The lowest BCUT2D eigenvalue weighted by Gasteiger charge is -2.22. The van der Waals surface area contributed by atoms with Gasteiger partial charge in [-0.05, 0) is 32.4 Å². The number of ether oxygens (including phenoxy) is 1. The predicted molar refractivity (Wildman–Crippen MR) is 104 cm³/mol. The number of nitrogens with one attached hydrogen (secondary N) is 2. The van der Waals surface area contributed by atoms with E-state index in [1.807, 2.05) is 14.0 Å². The summed E-state index contributed by atoms with van der Waals surface area (Å²) >= 11 is 0. The van der Waals surface area contributed by atoms with E-state index in [-0.39, 0.29) is 17.6 Å². The second-order valence-electron chi connectivity index (χ2n) is 6.81. The van der Waals surface area contributed by atoms with Gasteiger partial charge in [0.25, 0.3) is 11.6 Å². The van der Waals surface area contributed by atoms with Gasteiger partial charge in [0.05, 0.1) is 24.8 Å². The molecule has 0 saturated carbocycles. The molecule has 0 aromatic heterocycles. The summed E-state index contributed by atoms with van der Waals surface area (Å²) in [6.45, 7) is 6.65. The van der Waals surface area contributed by atoms with Crippen LogP contribution in [0.1, 0.15) is 23.6 Å². The molecule has 2 N–H and O–H groups in total. The van der Waals surface area contributed by atoms with Gasteiger partial charge in [0, 0.05) is 17.7 Å². The zero-order chi connectivity index (χ0) is 20.1. The predicted octanol–water partition coefficient (Wildman–Crippen LogP) is 2.26. The molecule has 2 aromatic rings. The van der Waals surface area contributed by atoms with E-state index < -0.39 is 4.92 Å². The van der Waals surface area contributed by atoms with E-state index in [9.17, 15) is 14.9 Å². The average molecular weight is 372 g/mol. The first-order valence-electron chi connectivity index (χ1n) is 8.74. The molecule has 0 aliphatic heterocycles. The molecule has 0 aliphatic carbocycles. The van der Waals surface area contributed by atoms with Crippen molar-refractivity contribution < 1.29 is 19.4 Å². The van der Waals surface area contributed by atoms with Crippen molar-refractivity contribution in [1.29, 1.82) is 0 Å². The van der Waals surface area contributed by atoms with Crippen molar-refractivity contribution in [3.63, 3.8) is 0 Å². The van der Waals surface area contributed by atoms with Gasteiger partial charge >= 0.3 is 0 Å². The quantitative estimate of drug-likeness (QED) is 0.577. The zero-order valence-electron chi connectivity index (χ0n) is 16.3. The molecular weight excluding hydrogens is 346 g/mol. The van der Waals surface area contributed by atoms with Gasteiger partial charge in [-0.25, -0.2) is 0 Å². The monoisotopic (exact) mass is 372 g/mol. The number of non-ortho nitro benzene ring substituents is 1. The number of rotatable bonds is 7.